The molecule has 0 bridgehead atoms. The third-order valence-electron chi connectivity index (χ3n) is 3.55. The van der Waals surface area contributed by atoms with Gasteiger partial charge in [-0.05, 0) is 18.6 Å². The zero-order valence-electron chi connectivity index (χ0n) is 13.6. The van der Waals surface area contributed by atoms with Crippen LogP contribution in [-0.4, -0.2) is 36.3 Å². The number of carbonyl (C=O) groups excluding carboxylic acids is 1. The highest BCUT2D eigenvalue weighted by atomic mass is 35.5. The van der Waals surface area contributed by atoms with Gasteiger partial charge < -0.3 is 26.5 Å². The molecule has 1 fully saturated rings. The fraction of sp³-hybridized carbons (Fsp3) is 0.438. The number of nitrogens with two attached hydrogens (primary N) is 1. The van der Waals surface area contributed by atoms with Gasteiger partial charge in [0.15, 0.2) is 0 Å². The van der Waals surface area contributed by atoms with Gasteiger partial charge in [0, 0.05) is 13.1 Å². The Morgan fingerprint density at radius 2 is 2.38 bits per heavy atom. The Morgan fingerprint density at radius 3 is 2.96 bits per heavy atom. The first-order valence-electron chi connectivity index (χ1n) is 7.85. The summed E-state index contributed by atoms with van der Waals surface area (Å²) >= 11 is 5.98. The van der Waals surface area contributed by atoms with Crippen molar-refractivity contribution < 1.29 is 9.53 Å². The summed E-state index contributed by atoms with van der Waals surface area (Å²) < 4.78 is 5.62. The number of allylic oxidation sites excluding steroid dienone is 1. The van der Waals surface area contributed by atoms with E-state index in [0.29, 0.717) is 25.3 Å². The normalized spacial score (nSPS) is 18.7. The minimum Gasteiger partial charge on any atom is -0.393 e. The SMILES string of the molecule is CCCC(=N)/C(Cl)=C(\N)C(=O)Nc1ccc(C2CNCCO2)nc1. The third kappa shape index (κ3) is 4.77. The molecule has 0 radical (unpaired) electrons. The van der Waals surface area contributed by atoms with Crippen molar-refractivity contribution in [1.29, 1.82) is 5.41 Å². The van der Waals surface area contributed by atoms with E-state index in [9.17, 15) is 4.79 Å². The quantitative estimate of drug-likeness (QED) is 0.462. The number of amides is 1. The van der Waals surface area contributed by atoms with E-state index in [1.165, 1.54) is 0 Å². The standard InChI is InChI=1S/C16H22ClN5O2/c1-2-3-11(18)14(17)15(19)16(23)22-10-4-5-12(21-8-10)13-9-20-6-7-24-13/h4-5,8,13,18,20H,2-3,6-7,9,19H2,1H3,(H,22,23)/b15-14+,18-11?. The van der Waals surface area contributed by atoms with Crippen molar-refractivity contribution in [3.63, 3.8) is 0 Å². The summed E-state index contributed by atoms with van der Waals surface area (Å²) in [5.41, 5.74) is 7.02. The molecule has 8 heteroatoms. The van der Waals surface area contributed by atoms with Gasteiger partial charge in [0.2, 0.25) is 0 Å². The Morgan fingerprint density at radius 1 is 1.58 bits per heavy atom. The van der Waals surface area contributed by atoms with E-state index < -0.39 is 5.91 Å². The van der Waals surface area contributed by atoms with Crippen molar-refractivity contribution in [3.05, 3.63) is 34.8 Å². The second-order valence-corrected chi connectivity index (χ2v) is 5.82. The summed E-state index contributed by atoms with van der Waals surface area (Å²) in [6.07, 6.45) is 2.69. The lowest BCUT2D eigenvalue weighted by Gasteiger charge is -2.23. The number of hydrogen-bond donors (Lipinski definition) is 4. The molecule has 0 aromatic carbocycles. The van der Waals surface area contributed by atoms with Crippen LogP contribution in [0.2, 0.25) is 0 Å². The van der Waals surface area contributed by atoms with Crippen LogP contribution in [-0.2, 0) is 9.53 Å². The monoisotopic (exact) mass is 351 g/mol. The number of rotatable bonds is 6. The first-order valence-corrected chi connectivity index (χ1v) is 8.23. The summed E-state index contributed by atoms with van der Waals surface area (Å²) in [5.74, 6) is -0.550. The Bertz CT molecular complexity index is 624. The number of nitrogens with one attached hydrogen (secondary N) is 3. The molecule has 1 aliphatic heterocycles. The number of anilines is 1. The van der Waals surface area contributed by atoms with E-state index in [0.717, 1.165) is 18.7 Å². The molecule has 1 aromatic rings. The molecule has 1 saturated heterocycles. The molecule has 1 amide bonds. The van der Waals surface area contributed by atoms with E-state index >= 15 is 0 Å². The second-order valence-electron chi connectivity index (χ2n) is 5.45. The van der Waals surface area contributed by atoms with Gasteiger partial charge in [-0.25, -0.2) is 0 Å². The first-order chi connectivity index (χ1) is 11.5. The fourth-order valence-electron chi connectivity index (χ4n) is 2.25. The van der Waals surface area contributed by atoms with Crippen molar-refractivity contribution >= 4 is 28.9 Å². The Labute approximate surface area is 146 Å². The van der Waals surface area contributed by atoms with Crippen LogP contribution in [0.25, 0.3) is 0 Å². The summed E-state index contributed by atoms with van der Waals surface area (Å²) in [7, 11) is 0. The van der Waals surface area contributed by atoms with Gasteiger partial charge in [-0.1, -0.05) is 24.9 Å². The maximum atomic E-state index is 12.1. The van der Waals surface area contributed by atoms with Crippen LogP contribution in [0.3, 0.4) is 0 Å². The average Bonchev–Trinajstić information content (AvgIpc) is 2.62. The van der Waals surface area contributed by atoms with Crippen molar-refractivity contribution in [3.8, 4) is 0 Å². The van der Waals surface area contributed by atoms with Gasteiger partial charge >= 0.3 is 0 Å². The van der Waals surface area contributed by atoms with Crippen molar-refractivity contribution in [2.75, 3.05) is 25.0 Å². The topological polar surface area (TPSA) is 113 Å². The third-order valence-corrected chi connectivity index (χ3v) is 3.98. The molecular weight excluding hydrogens is 330 g/mol. The second kappa shape index (κ2) is 8.77. The maximum Gasteiger partial charge on any atom is 0.273 e. The van der Waals surface area contributed by atoms with E-state index in [1.54, 1.807) is 18.3 Å². The lowest BCUT2D eigenvalue weighted by molar-refractivity contribution is -0.112. The molecule has 2 rings (SSSR count). The minimum absolute atomic E-state index is 0.0133. The van der Waals surface area contributed by atoms with Crippen molar-refractivity contribution in [2.45, 2.75) is 25.9 Å². The lowest BCUT2D eigenvalue weighted by Crippen LogP contribution is -2.33. The predicted octanol–water partition coefficient (Wildman–Crippen LogP) is 1.91. The van der Waals surface area contributed by atoms with Crippen LogP contribution in [0.4, 0.5) is 5.69 Å². The van der Waals surface area contributed by atoms with Crippen LogP contribution in [0, 0.1) is 5.41 Å². The summed E-state index contributed by atoms with van der Waals surface area (Å²) in [6.45, 7) is 4.12. The Balaban J connectivity index is 2.01. The van der Waals surface area contributed by atoms with Gasteiger partial charge in [0.1, 0.15) is 11.8 Å². The summed E-state index contributed by atoms with van der Waals surface area (Å²) in [4.78, 5) is 16.4. The molecule has 0 spiro atoms. The largest absolute Gasteiger partial charge is 0.393 e. The van der Waals surface area contributed by atoms with E-state index in [4.69, 9.17) is 27.5 Å². The molecule has 1 atom stereocenters. The van der Waals surface area contributed by atoms with Crippen molar-refractivity contribution in [1.82, 2.24) is 10.3 Å². The van der Waals surface area contributed by atoms with Crippen LogP contribution in [0.1, 0.15) is 31.6 Å². The zero-order valence-corrected chi connectivity index (χ0v) is 14.3. The fourth-order valence-corrected chi connectivity index (χ4v) is 2.43. The molecule has 130 valence electrons. The van der Waals surface area contributed by atoms with Gasteiger partial charge in [0.05, 0.1) is 34.9 Å². The van der Waals surface area contributed by atoms with E-state index in [-0.39, 0.29) is 22.5 Å². The van der Waals surface area contributed by atoms with Crippen LogP contribution in [0.5, 0.6) is 0 Å². The molecule has 7 nitrogen and oxygen atoms in total. The molecule has 0 aliphatic carbocycles. The molecule has 5 N–H and O–H groups in total. The highest BCUT2D eigenvalue weighted by Crippen LogP contribution is 2.18. The maximum absolute atomic E-state index is 12.1. The number of hydrogen-bond acceptors (Lipinski definition) is 6. The predicted molar refractivity (Wildman–Crippen MR) is 94.1 cm³/mol. The number of morpholine rings is 1. The molecule has 0 saturated carbocycles. The Kier molecular flexibility index (Phi) is 6.72. The highest BCUT2D eigenvalue weighted by Gasteiger charge is 2.18. The number of pyridine rings is 1. The van der Waals surface area contributed by atoms with Gasteiger partial charge in [-0.15, -0.1) is 0 Å². The number of aromatic nitrogens is 1. The number of nitrogens with zero attached hydrogens (tertiary/aromatic N) is 1. The smallest absolute Gasteiger partial charge is 0.273 e. The molecule has 1 aliphatic rings. The van der Waals surface area contributed by atoms with Crippen molar-refractivity contribution in [2.24, 2.45) is 5.73 Å². The minimum atomic E-state index is -0.550. The van der Waals surface area contributed by atoms with Gasteiger partial charge in [0.25, 0.3) is 5.91 Å². The summed E-state index contributed by atoms with van der Waals surface area (Å²) in [6, 6.07) is 3.53. The highest BCUT2D eigenvalue weighted by molar-refractivity contribution is 6.45. The van der Waals surface area contributed by atoms with Crippen LogP contribution >= 0.6 is 11.6 Å². The summed E-state index contributed by atoms with van der Waals surface area (Å²) in [5, 5.41) is 13.6. The van der Waals surface area contributed by atoms with Crippen LogP contribution < -0.4 is 16.4 Å². The molecular formula is C16H22ClN5O2. The lowest BCUT2D eigenvalue weighted by atomic mass is 10.2. The first kappa shape index (κ1) is 18.4. The van der Waals surface area contributed by atoms with Gasteiger partial charge in [-0.2, -0.15) is 0 Å². The van der Waals surface area contributed by atoms with Crippen LogP contribution in [0.15, 0.2) is 29.1 Å². The molecule has 24 heavy (non-hydrogen) atoms. The van der Waals surface area contributed by atoms with E-state index in [1.807, 2.05) is 6.92 Å². The number of carbonyl (C=O) groups is 1. The van der Waals surface area contributed by atoms with Gasteiger partial charge in [-0.3, -0.25) is 9.78 Å². The Hall–Kier alpha value is -1.96. The zero-order chi connectivity index (χ0) is 17.5. The number of halogens is 1. The molecule has 1 unspecified atom stereocenters. The van der Waals surface area contributed by atoms with E-state index in [2.05, 4.69) is 15.6 Å². The molecule has 2 heterocycles. The molecule has 1 aromatic heterocycles. The average molecular weight is 352 g/mol. The number of ether oxygens (including phenoxy) is 1.